The summed E-state index contributed by atoms with van der Waals surface area (Å²) in [7, 11) is 0. The van der Waals surface area contributed by atoms with Crippen LogP contribution in [0.15, 0.2) is 48.9 Å². The lowest BCUT2D eigenvalue weighted by Gasteiger charge is -2.32. The number of amides is 6. The summed E-state index contributed by atoms with van der Waals surface area (Å²) in [4.78, 5) is 87.1. The molecule has 0 aliphatic carbocycles. The van der Waals surface area contributed by atoms with Crippen molar-refractivity contribution in [3.05, 3.63) is 60.2 Å². The fourth-order valence-electron chi connectivity index (χ4n) is 5.06. The second-order valence-electron chi connectivity index (χ2n) is 11.9. The molecule has 46 heavy (non-hydrogen) atoms. The molecule has 1 aromatic heterocycles. The normalized spacial score (nSPS) is 17.8. The Balaban J connectivity index is 1.77. The molecule has 6 amide bonds. The van der Waals surface area contributed by atoms with Crippen LogP contribution in [0.3, 0.4) is 0 Å². The van der Waals surface area contributed by atoms with Gasteiger partial charge in [0.15, 0.2) is 0 Å². The van der Waals surface area contributed by atoms with E-state index >= 15 is 0 Å². The molecule has 248 valence electrons. The average Bonchev–Trinajstić information content (AvgIpc) is 3.47. The fraction of sp³-hybridized carbons (Fsp3) is 0.500. The van der Waals surface area contributed by atoms with E-state index in [1.165, 1.54) is 23.5 Å². The zero-order chi connectivity index (χ0) is 33.8. The van der Waals surface area contributed by atoms with E-state index in [0.29, 0.717) is 12.7 Å². The van der Waals surface area contributed by atoms with Gasteiger partial charge in [0.05, 0.1) is 18.3 Å². The molecule has 0 saturated carbocycles. The van der Waals surface area contributed by atoms with Crippen LogP contribution in [-0.2, 0) is 25.7 Å². The van der Waals surface area contributed by atoms with E-state index in [1.54, 1.807) is 34.6 Å². The molecule has 14 nitrogen and oxygen atoms in total. The number of aromatic nitrogens is 2. The molecule has 1 aliphatic heterocycles. The molecule has 0 radical (unpaired) electrons. The summed E-state index contributed by atoms with van der Waals surface area (Å²) >= 11 is 0. The summed E-state index contributed by atoms with van der Waals surface area (Å²) in [5.74, 6) is -2.98. The van der Waals surface area contributed by atoms with Gasteiger partial charge in [0.1, 0.15) is 30.1 Å². The zero-order valence-electron chi connectivity index (χ0n) is 26.9. The second-order valence-corrected chi connectivity index (χ2v) is 11.9. The number of aldehydes is 1. The molecule has 1 aliphatic rings. The Hall–Kier alpha value is -4.88. The van der Waals surface area contributed by atoms with Crippen molar-refractivity contribution >= 4 is 35.9 Å². The molecule has 3 rings (SSSR count). The van der Waals surface area contributed by atoms with E-state index in [2.05, 4.69) is 36.6 Å². The van der Waals surface area contributed by atoms with Crippen LogP contribution in [0.25, 0.3) is 0 Å². The van der Waals surface area contributed by atoms with Crippen molar-refractivity contribution in [3.8, 4) is 0 Å². The predicted molar refractivity (Wildman–Crippen MR) is 169 cm³/mol. The van der Waals surface area contributed by atoms with Gasteiger partial charge < -0.3 is 36.3 Å². The van der Waals surface area contributed by atoms with Crippen LogP contribution >= 0.6 is 0 Å². The number of nitrogens with zero attached hydrogens (tertiary/aromatic N) is 3. The number of hydrogen-bond donors (Lipinski definition) is 5. The van der Waals surface area contributed by atoms with Crippen molar-refractivity contribution in [1.82, 2.24) is 41.5 Å². The van der Waals surface area contributed by atoms with Gasteiger partial charge >= 0.3 is 6.03 Å². The lowest BCUT2D eigenvalue weighted by atomic mass is 9.98. The Morgan fingerprint density at radius 1 is 0.957 bits per heavy atom. The Bertz CT molecular complexity index is 1360. The molecule has 0 bridgehead atoms. The number of carbonyl (C=O) groups excluding carboxylic acids is 6. The predicted octanol–water partition coefficient (Wildman–Crippen LogP) is 0.934. The summed E-state index contributed by atoms with van der Waals surface area (Å²) in [6.45, 7) is 9.05. The summed E-state index contributed by atoms with van der Waals surface area (Å²) in [6.07, 6.45) is 5.16. The first-order valence-electron chi connectivity index (χ1n) is 15.5. The third-order valence-electron chi connectivity index (χ3n) is 7.71. The maximum atomic E-state index is 14.1. The van der Waals surface area contributed by atoms with E-state index in [-0.39, 0.29) is 31.1 Å². The highest BCUT2D eigenvalue weighted by atomic mass is 16.2. The summed E-state index contributed by atoms with van der Waals surface area (Å²) in [6, 6.07) is 4.50. The van der Waals surface area contributed by atoms with Gasteiger partial charge in [-0.2, -0.15) is 0 Å². The molecule has 2 heterocycles. The monoisotopic (exact) mass is 636 g/mol. The smallest absolute Gasteiger partial charge is 0.315 e. The third-order valence-corrected chi connectivity index (χ3v) is 7.71. The van der Waals surface area contributed by atoms with Gasteiger partial charge in [-0.3, -0.25) is 24.2 Å². The van der Waals surface area contributed by atoms with Crippen molar-refractivity contribution in [1.29, 1.82) is 0 Å². The first kappa shape index (κ1) is 35.6. The SMILES string of the molecule is CC[C@@H](C=O)NC(=O)[C@@H]1C[C@@H](NC(=O)NCc2ccccc2)CN1C(=O)[C@@H](NC(=O)[C@@H](NC(=O)c1cnccn1)C(C)C)C(C)C. The lowest BCUT2D eigenvalue weighted by molar-refractivity contribution is -0.143. The zero-order valence-corrected chi connectivity index (χ0v) is 26.9. The van der Waals surface area contributed by atoms with Gasteiger partial charge in [0.25, 0.3) is 5.91 Å². The maximum Gasteiger partial charge on any atom is 0.315 e. The van der Waals surface area contributed by atoms with E-state index in [9.17, 15) is 28.8 Å². The van der Waals surface area contributed by atoms with Crippen LogP contribution in [0.1, 0.15) is 63.5 Å². The Morgan fingerprint density at radius 3 is 2.24 bits per heavy atom. The summed E-state index contributed by atoms with van der Waals surface area (Å²) < 4.78 is 0. The Kier molecular flexibility index (Phi) is 13.1. The molecule has 1 fully saturated rings. The van der Waals surface area contributed by atoms with Gasteiger partial charge in [-0.15, -0.1) is 0 Å². The molecule has 0 spiro atoms. The number of hydrogen-bond acceptors (Lipinski definition) is 8. The van der Waals surface area contributed by atoms with Crippen LogP contribution in [-0.4, -0.2) is 87.6 Å². The molecule has 1 saturated heterocycles. The molecule has 0 unspecified atom stereocenters. The molecule has 5 N–H and O–H groups in total. The van der Waals surface area contributed by atoms with Crippen molar-refractivity contribution < 1.29 is 28.8 Å². The Labute approximate surface area is 268 Å². The summed E-state index contributed by atoms with van der Waals surface area (Å²) in [5.41, 5.74) is 0.941. The number of carbonyl (C=O) groups is 6. The van der Waals surface area contributed by atoms with Crippen molar-refractivity contribution in [2.45, 2.75) is 84.2 Å². The number of urea groups is 1. The Morgan fingerprint density at radius 2 is 1.65 bits per heavy atom. The third kappa shape index (κ3) is 9.81. The van der Waals surface area contributed by atoms with Crippen LogP contribution in [0.5, 0.6) is 0 Å². The molecule has 5 atom stereocenters. The first-order chi connectivity index (χ1) is 21.9. The topological polar surface area (TPSA) is 192 Å². The van der Waals surface area contributed by atoms with Gasteiger partial charge in [0.2, 0.25) is 17.7 Å². The molecular formula is C32H44N8O6. The minimum Gasteiger partial charge on any atom is -0.345 e. The van der Waals surface area contributed by atoms with Crippen LogP contribution in [0, 0.1) is 11.8 Å². The molecule has 1 aromatic carbocycles. The standard InChI is InChI=1S/C32H44N8O6/c1-6-22(18-41)36-29(43)25-14-23(37-32(46)35-15-21-10-8-7-9-11-21)17-40(25)31(45)27(20(4)5)39-30(44)26(19(2)3)38-28(42)24-16-33-12-13-34-24/h7-13,16,18-20,22-23,25-27H,6,14-15,17H2,1-5H3,(H,36,43)(H,38,42)(H,39,44)(H2,35,37,46)/t22-,23+,25-,26-,27-/m0/s1. The van der Waals surface area contributed by atoms with Gasteiger partial charge in [-0.1, -0.05) is 65.0 Å². The number of likely N-dealkylation sites (tertiary alicyclic amines) is 1. The van der Waals surface area contributed by atoms with Crippen LogP contribution < -0.4 is 26.6 Å². The maximum absolute atomic E-state index is 14.1. The van der Waals surface area contributed by atoms with E-state index in [1.807, 2.05) is 30.3 Å². The van der Waals surface area contributed by atoms with Crippen molar-refractivity contribution in [3.63, 3.8) is 0 Å². The second kappa shape index (κ2) is 17.0. The van der Waals surface area contributed by atoms with E-state index in [0.717, 1.165) is 5.56 Å². The minimum absolute atomic E-state index is 0.00364. The van der Waals surface area contributed by atoms with Crippen LogP contribution in [0.2, 0.25) is 0 Å². The highest BCUT2D eigenvalue weighted by Gasteiger charge is 2.44. The minimum atomic E-state index is -1.06. The average molecular weight is 637 g/mol. The van der Waals surface area contributed by atoms with Crippen molar-refractivity contribution in [2.75, 3.05) is 6.54 Å². The largest absolute Gasteiger partial charge is 0.345 e. The summed E-state index contributed by atoms with van der Waals surface area (Å²) in [5, 5.41) is 13.7. The molecule has 2 aromatic rings. The highest BCUT2D eigenvalue weighted by molar-refractivity contribution is 5.98. The van der Waals surface area contributed by atoms with Gasteiger partial charge in [-0.25, -0.2) is 9.78 Å². The van der Waals surface area contributed by atoms with Gasteiger partial charge in [-0.05, 0) is 30.2 Å². The van der Waals surface area contributed by atoms with E-state index in [4.69, 9.17) is 0 Å². The van der Waals surface area contributed by atoms with Crippen LogP contribution in [0.4, 0.5) is 4.79 Å². The van der Waals surface area contributed by atoms with E-state index < -0.39 is 65.8 Å². The number of nitrogens with one attached hydrogen (secondary N) is 5. The van der Waals surface area contributed by atoms with Crippen molar-refractivity contribution in [2.24, 2.45) is 11.8 Å². The molecule has 14 heteroatoms. The quantitative estimate of drug-likeness (QED) is 0.189. The highest BCUT2D eigenvalue weighted by Crippen LogP contribution is 2.22. The fourth-order valence-corrected chi connectivity index (χ4v) is 5.06. The number of benzene rings is 1. The molecular weight excluding hydrogens is 592 g/mol. The van der Waals surface area contributed by atoms with Gasteiger partial charge in [0, 0.05) is 25.5 Å². The first-order valence-corrected chi connectivity index (χ1v) is 15.5. The lowest BCUT2D eigenvalue weighted by Crippen LogP contribution is -2.59. The number of rotatable bonds is 14.